The van der Waals surface area contributed by atoms with Gasteiger partial charge >= 0.3 is 0 Å². The molecule has 4 rings (SSSR count). The van der Waals surface area contributed by atoms with Crippen molar-refractivity contribution in [1.82, 2.24) is 9.80 Å². The second-order valence-electron chi connectivity index (χ2n) is 11.7. The SMILES string of the molecule is C=CCN(CCC)C(=O)[C@H]1[C@H]2C(=O)N(CCCCCCO)C(C(=O)N(CC=C)c3ccccc3Cl)C23CC[C@]1(C)S3. The first-order chi connectivity index (χ1) is 19.7. The molecule has 3 saturated heterocycles. The van der Waals surface area contributed by atoms with Gasteiger partial charge in [0.25, 0.3) is 5.91 Å². The highest BCUT2D eigenvalue weighted by atomic mass is 35.5. The number of para-hydroxylation sites is 1. The maximum atomic E-state index is 14.7. The zero-order chi connectivity index (χ0) is 29.8. The zero-order valence-corrected chi connectivity index (χ0v) is 26.0. The summed E-state index contributed by atoms with van der Waals surface area (Å²) in [7, 11) is 0. The molecule has 9 heteroatoms. The molecular weight excluding hydrogens is 558 g/mol. The molecule has 5 atom stereocenters. The maximum Gasteiger partial charge on any atom is 0.251 e. The number of hydrogen-bond acceptors (Lipinski definition) is 5. The van der Waals surface area contributed by atoms with Gasteiger partial charge in [0.1, 0.15) is 6.04 Å². The van der Waals surface area contributed by atoms with Gasteiger partial charge in [0, 0.05) is 37.5 Å². The van der Waals surface area contributed by atoms with Gasteiger partial charge in [-0.1, -0.05) is 55.7 Å². The van der Waals surface area contributed by atoms with E-state index in [1.165, 1.54) is 0 Å². The van der Waals surface area contributed by atoms with Crippen molar-refractivity contribution in [2.45, 2.75) is 74.3 Å². The number of anilines is 1. The summed E-state index contributed by atoms with van der Waals surface area (Å²) in [5, 5.41) is 9.66. The van der Waals surface area contributed by atoms with Gasteiger partial charge in [0.2, 0.25) is 11.8 Å². The molecule has 0 aromatic heterocycles. The first kappa shape index (κ1) is 31.6. The smallest absolute Gasteiger partial charge is 0.251 e. The van der Waals surface area contributed by atoms with E-state index in [2.05, 4.69) is 20.1 Å². The van der Waals surface area contributed by atoms with E-state index in [4.69, 9.17) is 11.6 Å². The summed E-state index contributed by atoms with van der Waals surface area (Å²) in [5.74, 6) is -1.33. The van der Waals surface area contributed by atoms with Crippen molar-refractivity contribution in [3.05, 3.63) is 54.6 Å². The third-order valence-electron chi connectivity index (χ3n) is 8.96. The number of nitrogens with zero attached hydrogens (tertiary/aromatic N) is 3. The number of fused-ring (bicyclic) bond motifs is 1. The average molecular weight is 602 g/mol. The number of amides is 3. The highest BCUT2D eigenvalue weighted by Gasteiger charge is 2.77. The van der Waals surface area contributed by atoms with E-state index in [0.717, 1.165) is 32.1 Å². The Balaban J connectivity index is 1.76. The monoisotopic (exact) mass is 601 g/mol. The number of rotatable bonds is 15. The Kier molecular flexibility index (Phi) is 10.3. The highest BCUT2D eigenvalue weighted by Crippen LogP contribution is 2.71. The van der Waals surface area contributed by atoms with E-state index in [1.54, 1.807) is 39.8 Å². The third kappa shape index (κ3) is 5.72. The minimum atomic E-state index is -0.710. The van der Waals surface area contributed by atoms with E-state index in [1.807, 2.05) is 30.0 Å². The van der Waals surface area contributed by atoms with Crippen LogP contribution in [0.3, 0.4) is 0 Å². The number of carbonyl (C=O) groups excluding carboxylic acids is 3. The predicted octanol–water partition coefficient (Wildman–Crippen LogP) is 5.32. The van der Waals surface area contributed by atoms with E-state index in [0.29, 0.717) is 43.2 Å². The predicted molar refractivity (Wildman–Crippen MR) is 167 cm³/mol. The van der Waals surface area contributed by atoms with Gasteiger partial charge in [-0.15, -0.1) is 24.9 Å². The lowest BCUT2D eigenvalue weighted by Gasteiger charge is -2.38. The van der Waals surface area contributed by atoms with Crippen LogP contribution in [0.2, 0.25) is 5.02 Å². The van der Waals surface area contributed by atoms with Crippen LogP contribution >= 0.6 is 23.4 Å². The molecule has 0 radical (unpaired) electrons. The number of thioether (sulfide) groups is 1. The van der Waals surface area contributed by atoms with Crippen LogP contribution < -0.4 is 4.90 Å². The fourth-order valence-corrected chi connectivity index (χ4v) is 9.82. The van der Waals surface area contributed by atoms with Gasteiger partial charge in [-0.2, -0.15) is 0 Å². The van der Waals surface area contributed by atoms with Crippen LogP contribution in [0.25, 0.3) is 0 Å². The Hall–Kier alpha value is -2.29. The van der Waals surface area contributed by atoms with Gasteiger partial charge in [0.15, 0.2) is 0 Å². The lowest BCUT2D eigenvalue weighted by Crippen LogP contribution is -2.55. The van der Waals surface area contributed by atoms with Gasteiger partial charge in [-0.25, -0.2) is 0 Å². The fraction of sp³-hybridized carbons (Fsp3) is 0.594. The molecule has 3 amide bonds. The molecule has 1 aromatic carbocycles. The Morgan fingerprint density at radius 2 is 1.83 bits per heavy atom. The van der Waals surface area contributed by atoms with Crippen LogP contribution in [0.5, 0.6) is 0 Å². The molecule has 41 heavy (non-hydrogen) atoms. The van der Waals surface area contributed by atoms with E-state index in [-0.39, 0.29) is 30.9 Å². The molecule has 2 unspecified atom stereocenters. The largest absolute Gasteiger partial charge is 0.396 e. The summed E-state index contributed by atoms with van der Waals surface area (Å²) in [6, 6.07) is 6.54. The molecule has 224 valence electrons. The van der Waals surface area contributed by atoms with Crippen LogP contribution in [-0.4, -0.2) is 80.9 Å². The Labute approximate surface area is 254 Å². The summed E-state index contributed by atoms with van der Waals surface area (Å²) in [6.45, 7) is 13.8. The summed E-state index contributed by atoms with van der Waals surface area (Å²) in [6.07, 6.45) is 8.85. The van der Waals surface area contributed by atoms with Crippen LogP contribution in [0.15, 0.2) is 49.6 Å². The second kappa shape index (κ2) is 13.3. The lowest BCUT2D eigenvalue weighted by molar-refractivity contribution is -0.145. The second-order valence-corrected chi connectivity index (χ2v) is 14.0. The molecular formula is C32H44ClN3O4S. The number of likely N-dealkylation sites (tertiary alicyclic amines) is 1. The molecule has 3 aliphatic rings. The Bertz CT molecular complexity index is 1160. The van der Waals surface area contributed by atoms with E-state index < -0.39 is 27.4 Å². The van der Waals surface area contributed by atoms with Crippen LogP contribution in [0.4, 0.5) is 5.69 Å². The molecule has 1 spiro atoms. The standard InChI is InChI=1S/C32H44ClN3O4S/c1-5-18-34(19-6-2)28(38)25-26-29(39)36(21-12-8-9-13-22-37)27(32(26)17-16-31(25,4)41-32)30(40)35(20-7-3)24-15-11-10-14-23(24)33/h5,7,10-11,14-15,25-27,37H,1,3,6,8-9,12-13,16-22H2,2,4H3/t25-,26+,27?,31+,32?/m1/s1. The topological polar surface area (TPSA) is 81.2 Å². The van der Waals surface area contributed by atoms with Crippen LogP contribution in [0, 0.1) is 11.8 Å². The maximum absolute atomic E-state index is 14.7. The van der Waals surface area contributed by atoms with Gasteiger partial charge < -0.3 is 19.8 Å². The minimum absolute atomic E-state index is 0.00767. The summed E-state index contributed by atoms with van der Waals surface area (Å²) in [4.78, 5) is 48.6. The van der Waals surface area contributed by atoms with Gasteiger partial charge in [0.05, 0.1) is 27.3 Å². The number of halogens is 1. The number of hydrogen-bond donors (Lipinski definition) is 1. The number of unbranched alkanes of at least 4 members (excludes halogenated alkanes) is 3. The van der Waals surface area contributed by atoms with Crippen molar-refractivity contribution in [3.8, 4) is 0 Å². The zero-order valence-electron chi connectivity index (χ0n) is 24.4. The third-order valence-corrected chi connectivity index (χ3v) is 11.3. The highest BCUT2D eigenvalue weighted by molar-refractivity contribution is 8.02. The molecule has 3 aliphatic heterocycles. The lowest BCUT2D eigenvalue weighted by atomic mass is 9.66. The first-order valence-electron chi connectivity index (χ1n) is 14.9. The van der Waals surface area contributed by atoms with Crippen molar-refractivity contribution in [3.63, 3.8) is 0 Å². The molecule has 7 nitrogen and oxygen atoms in total. The number of benzene rings is 1. The van der Waals surface area contributed by atoms with Crippen LogP contribution in [-0.2, 0) is 14.4 Å². The Morgan fingerprint density at radius 1 is 1.12 bits per heavy atom. The number of aliphatic hydroxyl groups excluding tert-OH is 1. The molecule has 3 fully saturated rings. The summed E-state index contributed by atoms with van der Waals surface area (Å²) >= 11 is 8.27. The summed E-state index contributed by atoms with van der Waals surface area (Å²) < 4.78 is -1.12. The van der Waals surface area contributed by atoms with Crippen molar-refractivity contribution in [2.75, 3.05) is 37.7 Å². The number of carbonyl (C=O) groups is 3. The summed E-state index contributed by atoms with van der Waals surface area (Å²) in [5.41, 5.74) is 0.589. The normalized spacial score (nSPS) is 28.0. The first-order valence-corrected chi connectivity index (χ1v) is 16.1. The molecule has 1 N–H and O–H groups in total. The van der Waals surface area contributed by atoms with Crippen molar-refractivity contribution < 1.29 is 19.5 Å². The molecule has 3 heterocycles. The molecule has 1 aromatic rings. The van der Waals surface area contributed by atoms with E-state index >= 15 is 0 Å². The molecule has 2 bridgehead atoms. The molecule has 0 saturated carbocycles. The van der Waals surface area contributed by atoms with Gasteiger partial charge in [-0.05, 0) is 51.2 Å². The Morgan fingerprint density at radius 3 is 2.49 bits per heavy atom. The fourth-order valence-electron chi connectivity index (χ4n) is 7.24. The van der Waals surface area contributed by atoms with E-state index in [9.17, 15) is 19.5 Å². The van der Waals surface area contributed by atoms with Crippen molar-refractivity contribution in [2.24, 2.45) is 11.8 Å². The number of aliphatic hydroxyl groups is 1. The quantitative estimate of drug-likeness (QED) is 0.217. The molecule has 0 aliphatic carbocycles. The minimum Gasteiger partial charge on any atom is -0.396 e. The van der Waals surface area contributed by atoms with Crippen molar-refractivity contribution >= 4 is 46.8 Å². The average Bonchev–Trinajstić information content (AvgIpc) is 3.52. The van der Waals surface area contributed by atoms with Crippen molar-refractivity contribution in [1.29, 1.82) is 0 Å². The van der Waals surface area contributed by atoms with Gasteiger partial charge in [-0.3, -0.25) is 14.4 Å². The van der Waals surface area contributed by atoms with Crippen LogP contribution in [0.1, 0.15) is 58.8 Å².